The van der Waals surface area contributed by atoms with Crippen molar-refractivity contribution in [2.45, 2.75) is 6.54 Å². The van der Waals surface area contributed by atoms with Crippen LogP contribution in [0, 0.1) is 0 Å². The second kappa shape index (κ2) is 7.57. The molecule has 130 valence electrons. The van der Waals surface area contributed by atoms with E-state index in [0.717, 1.165) is 22.7 Å². The standard InChI is InChI=1S/C18H19N3O4/c1-22-13-6-4-5-12(9-13)18-21-20-17(25-18)11-19-15-10-14(23-2)7-8-16(15)24-3/h4-10,19H,11H2,1-3H3. The van der Waals surface area contributed by atoms with Crippen LogP contribution in [0.5, 0.6) is 17.2 Å². The van der Waals surface area contributed by atoms with Crippen LogP contribution in [0.15, 0.2) is 46.9 Å². The summed E-state index contributed by atoms with van der Waals surface area (Å²) >= 11 is 0. The fourth-order valence-corrected chi connectivity index (χ4v) is 2.32. The first-order valence-corrected chi connectivity index (χ1v) is 7.66. The Kier molecular flexibility index (Phi) is 5.03. The lowest BCUT2D eigenvalue weighted by atomic mass is 10.2. The molecule has 0 fully saturated rings. The van der Waals surface area contributed by atoms with E-state index in [1.165, 1.54) is 0 Å². The molecule has 0 saturated heterocycles. The van der Waals surface area contributed by atoms with Crippen LogP contribution in [0.1, 0.15) is 5.89 Å². The van der Waals surface area contributed by atoms with Crippen molar-refractivity contribution in [3.05, 3.63) is 48.4 Å². The van der Waals surface area contributed by atoms with Gasteiger partial charge in [-0.05, 0) is 30.3 Å². The van der Waals surface area contributed by atoms with E-state index in [1.807, 2.05) is 42.5 Å². The molecule has 0 aliphatic rings. The topological polar surface area (TPSA) is 78.6 Å². The molecule has 0 unspecified atom stereocenters. The number of anilines is 1. The fourth-order valence-electron chi connectivity index (χ4n) is 2.32. The lowest BCUT2D eigenvalue weighted by Crippen LogP contribution is -2.02. The van der Waals surface area contributed by atoms with Crippen molar-refractivity contribution in [1.82, 2.24) is 10.2 Å². The quantitative estimate of drug-likeness (QED) is 0.706. The van der Waals surface area contributed by atoms with Gasteiger partial charge in [-0.3, -0.25) is 0 Å². The summed E-state index contributed by atoms with van der Waals surface area (Å²) in [7, 11) is 4.84. The predicted octanol–water partition coefficient (Wildman–Crippen LogP) is 3.37. The van der Waals surface area contributed by atoms with Gasteiger partial charge >= 0.3 is 0 Å². The number of methoxy groups -OCH3 is 3. The van der Waals surface area contributed by atoms with Gasteiger partial charge in [-0.1, -0.05) is 6.07 Å². The lowest BCUT2D eigenvalue weighted by Gasteiger charge is -2.11. The van der Waals surface area contributed by atoms with Gasteiger partial charge in [0.1, 0.15) is 17.2 Å². The van der Waals surface area contributed by atoms with Crippen molar-refractivity contribution >= 4 is 5.69 Å². The molecule has 3 rings (SSSR count). The van der Waals surface area contributed by atoms with Crippen molar-refractivity contribution in [1.29, 1.82) is 0 Å². The number of benzene rings is 2. The van der Waals surface area contributed by atoms with Crippen molar-refractivity contribution in [2.75, 3.05) is 26.6 Å². The van der Waals surface area contributed by atoms with E-state index in [9.17, 15) is 0 Å². The highest BCUT2D eigenvalue weighted by atomic mass is 16.5. The second-order valence-corrected chi connectivity index (χ2v) is 5.15. The summed E-state index contributed by atoms with van der Waals surface area (Å²) in [5.74, 6) is 3.06. The number of ether oxygens (including phenoxy) is 3. The van der Waals surface area contributed by atoms with Crippen LogP contribution in [0.3, 0.4) is 0 Å². The zero-order valence-corrected chi connectivity index (χ0v) is 14.3. The normalized spacial score (nSPS) is 10.4. The Morgan fingerprint density at radius 3 is 2.48 bits per heavy atom. The number of hydrogen-bond donors (Lipinski definition) is 1. The van der Waals surface area contributed by atoms with Crippen LogP contribution in [-0.4, -0.2) is 31.5 Å². The second-order valence-electron chi connectivity index (χ2n) is 5.15. The number of nitrogens with zero attached hydrogens (tertiary/aromatic N) is 2. The molecular weight excluding hydrogens is 322 g/mol. The smallest absolute Gasteiger partial charge is 0.247 e. The van der Waals surface area contributed by atoms with Crippen LogP contribution in [-0.2, 0) is 6.54 Å². The van der Waals surface area contributed by atoms with E-state index >= 15 is 0 Å². The van der Waals surface area contributed by atoms with E-state index in [1.54, 1.807) is 21.3 Å². The van der Waals surface area contributed by atoms with Crippen LogP contribution < -0.4 is 19.5 Å². The molecule has 7 heteroatoms. The van der Waals surface area contributed by atoms with Gasteiger partial charge in [0, 0.05) is 11.6 Å². The van der Waals surface area contributed by atoms with Crippen LogP contribution in [0.4, 0.5) is 5.69 Å². The van der Waals surface area contributed by atoms with Gasteiger partial charge in [-0.2, -0.15) is 0 Å². The number of rotatable bonds is 7. The minimum absolute atomic E-state index is 0.362. The van der Waals surface area contributed by atoms with E-state index in [4.69, 9.17) is 18.6 Å². The molecular formula is C18H19N3O4. The highest BCUT2D eigenvalue weighted by Crippen LogP contribution is 2.29. The Balaban J connectivity index is 1.74. The summed E-state index contributed by atoms with van der Waals surface area (Å²) in [5, 5.41) is 11.4. The first-order valence-electron chi connectivity index (χ1n) is 7.66. The summed E-state index contributed by atoms with van der Waals surface area (Å²) in [6.07, 6.45) is 0. The minimum Gasteiger partial charge on any atom is -0.497 e. The molecule has 1 heterocycles. The SMILES string of the molecule is COc1cccc(-c2nnc(CNc3cc(OC)ccc3OC)o2)c1. The average molecular weight is 341 g/mol. The monoisotopic (exact) mass is 341 g/mol. The maximum Gasteiger partial charge on any atom is 0.247 e. The fraction of sp³-hybridized carbons (Fsp3) is 0.222. The molecule has 2 aromatic carbocycles. The summed E-state index contributed by atoms with van der Waals surface area (Å²) in [4.78, 5) is 0. The van der Waals surface area contributed by atoms with Crippen molar-refractivity contribution in [3.63, 3.8) is 0 Å². The molecule has 0 radical (unpaired) electrons. The van der Waals surface area contributed by atoms with Crippen LogP contribution in [0.25, 0.3) is 11.5 Å². The molecule has 0 saturated carbocycles. The third-order valence-corrected chi connectivity index (χ3v) is 3.62. The first-order chi connectivity index (χ1) is 12.2. The van der Waals surface area contributed by atoms with Gasteiger partial charge in [-0.15, -0.1) is 10.2 Å². The average Bonchev–Trinajstić information content (AvgIpc) is 3.15. The molecule has 0 aliphatic carbocycles. The lowest BCUT2D eigenvalue weighted by molar-refractivity contribution is 0.404. The molecule has 3 aromatic rings. The Bertz CT molecular complexity index is 848. The van der Waals surface area contributed by atoms with E-state index in [0.29, 0.717) is 24.1 Å². The zero-order chi connectivity index (χ0) is 17.6. The first kappa shape index (κ1) is 16.6. The molecule has 0 aliphatic heterocycles. The van der Waals surface area contributed by atoms with E-state index in [2.05, 4.69) is 15.5 Å². The van der Waals surface area contributed by atoms with Gasteiger partial charge in [0.05, 0.1) is 33.6 Å². The number of hydrogen-bond acceptors (Lipinski definition) is 7. The highest BCUT2D eigenvalue weighted by molar-refractivity contribution is 5.60. The molecule has 0 spiro atoms. The Morgan fingerprint density at radius 1 is 0.920 bits per heavy atom. The summed E-state index contributed by atoms with van der Waals surface area (Å²) in [6.45, 7) is 0.362. The van der Waals surface area contributed by atoms with Crippen LogP contribution >= 0.6 is 0 Å². The summed E-state index contributed by atoms with van der Waals surface area (Å²) in [5.41, 5.74) is 1.58. The van der Waals surface area contributed by atoms with Gasteiger partial charge in [0.25, 0.3) is 0 Å². The highest BCUT2D eigenvalue weighted by Gasteiger charge is 2.11. The van der Waals surface area contributed by atoms with E-state index < -0.39 is 0 Å². The van der Waals surface area contributed by atoms with Gasteiger partial charge in [0.15, 0.2) is 0 Å². The van der Waals surface area contributed by atoms with Crippen molar-refractivity contribution in [3.8, 4) is 28.7 Å². The maximum atomic E-state index is 5.71. The van der Waals surface area contributed by atoms with Gasteiger partial charge < -0.3 is 23.9 Å². The van der Waals surface area contributed by atoms with Gasteiger partial charge in [0.2, 0.25) is 11.8 Å². The van der Waals surface area contributed by atoms with E-state index in [-0.39, 0.29) is 0 Å². The minimum atomic E-state index is 0.362. The zero-order valence-electron chi connectivity index (χ0n) is 14.3. The molecule has 7 nitrogen and oxygen atoms in total. The van der Waals surface area contributed by atoms with Crippen LogP contribution in [0.2, 0.25) is 0 Å². The molecule has 1 aromatic heterocycles. The Morgan fingerprint density at radius 2 is 1.72 bits per heavy atom. The predicted molar refractivity (Wildman–Crippen MR) is 93.2 cm³/mol. The largest absolute Gasteiger partial charge is 0.497 e. The molecule has 0 atom stereocenters. The van der Waals surface area contributed by atoms with Crippen molar-refractivity contribution in [2.24, 2.45) is 0 Å². The molecule has 1 N–H and O–H groups in total. The summed E-state index contributed by atoms with van der Waals surface area (Å²) < 4.78 is 21.5. The Labute approximate surface area is 145 Å². The molecule has 0 bridgehead atoms. The third kappa shape index (κ3) is 3.82. The third-order valence-electron chi connectivity index (χ3n) is 3.62. The van der Waals surface area contributed by atoms with Crippen molar-refractivity contribution < 1.29 is 18.6 Å². The summed E-state index contributed by atoms with van der Waals surface area (Å²) in [6, 6.07) is 13.0. The van der Waals surface area contributed by atoms with Gasteiger partial charge in [-0.25, -0.2) is 0 Å². The maximum absolute atomic E-state index is 5.71. The Hall–Kier alpha value is -3.22. The number of nitrogens with one attached hydrogen (secondary N) is 1. The number of aromatic nitrogens is 2. The molecule has 25 heavy (non-hydrogen) atoms. The molecule has 0 amide bonds.